The summed E-state index contributed by atoms with van der Waals surface area (Å²) in [4.78, 5) is 0. The van der Waals surface area contributed by atoms with E-state index >= 15 is 0 Å². The lowest BCUT2D eigenvalue weighted by Gasteiger charge is -2.19. The van der Waals surface area contributed by atoms with Gasteiger partial charge in [0.05, 0.1) is 6.61 Å². The molecule has 0 aliphatic heterocycles. The molecule has 18 heavy (non-hydrogen) atoms. The van der Waals surface area contributed by atoms with Crippen LogP contribution in [0.3, 0.4) is 0 Å². The van der Waals surface area contributed by atoms with E-state index in [4.69, 9.17) is 4.74 Å². The Labute approximate surface area is 112 Å². The van der Waals surface area contributed by atoms with Crippen molar-refractivity contribution >= 4 is 0 Å². The van der Waals surface area contributed by atoms with Crippen molar-refractivity contribution in [2.24, 2.45) is 5.92 Å². The first-order valence-electron chi connectivity index (χ1n) is 7.10. The van der Waals surface area contributed by atoms with Gasteiger partial charge in [-0.25, -0.2) is 0 Å². The summed E-state index contributed by atoms with van der Waals surface area (Å²) in [6.45, 7) is 9.20. The molecule has 1 heteroatoms. The SMILES string of the molecule is C=CC(OCC(CC)CCCC)c1ccccc1. The van der Waals surface area contributed by atoms with Gasteiger partial charge in [0.2, 0.25) is 0 Å². The van der Waals surface area contributed by atoms with E-state index < -0.39 is 0 Å². The Kier molecular flexibility index (Phi) is 7.43. The minimum absolute atomic E-state index is 0.0295. The summed E-state index contributed by atoms with van der Waals surface area (Å²) in [5.41, 5.74) is 1.19. The Morgan fingerprint density at radius 1 is 1.22 bits per heavy atom. The standard InChI is InChI=1S/C17H26O/c1-4-7-11-15(5-2)14-18-17(6-3)16-12-9-8-10-13-16/h6,8-10,12-13,15,17H,3-5,7,11,14H2,1-2H3. The summed E-state index contributed by atoms with van der Waals surface area (Å²) in [6, 6.07) is 10.3. The van der Waals surface area contributed by atoms with Gasteiger partial charge in [-0.15, -0.1) is 6.58 Å². The largest absolute Gasteiger partial charge is 0.369 e. The highest BCUT2D eigenvalue weighted by molar-refractivity contribution is 5.20. The lowest BCUT2D eigenvalue weighted by molar-refractivity contribution is 0.0526. The molecule has 0 aliphatic carbocycles. The molecule has 0 saturated carbocycles. The molecule has 2 atom stereocenters. The maximum absolute atomic E-state index is 6.01. The van der Waals surface area contributed by atoms with Crippen molar-refractivity contribution in [3.63, 3.8) is 0 Å². The molecule has 1 aromatic carbocycles. The van der Waals surface area contributed by atoms with Gasteiger partial charge in [-0.05, 0) is 17.9 Å². The maximum Gasteiger partial charge on any atom is 0.100 e. The van der Waals surface area contributed by atoms with E-state index in [0.29, 0.717) is 5.92 Å². The second kappa shape index (κ2) is 8.93. The highest BCUT2D eigenvalue weighted by atomic mass is 16.5. The van der Waals surface area contributed by atoms with E-state index in [1.165, 1.54) is 31.2 Å². The van der Waals surface area contributed by atoms with Crippen molar-refractivity contribution in [3.05, 3.63) is 48.6 Å². The molecule has 2 unspecified atom stereocenters. The van der Waals surface area contributed by atoms with Gasteiger partial charge >= 0.3 is 0 Å². The normalized spacial score (nSPS) is 14.1. The summed E-state index contributed by atoms with van der Waals surface area (Å²) >= 11 is 0. The Morgan fingerprint density at radius 3 is 2.50 bits per heavy atom. The van der Waals surface area contributed by atoms with Crippen LogP contribution in [0.15, 0.2) is 43.0 Å². The van der Waals surface area contributed by atoms with E-state index in [-0.39, 0.29) is 6.10 Å². The molecule has 0 aromatic heterocycles. The van der Waals surface area contributed by atoms with E-state index in [0.717, 1.165) is 6.61 Å². The van der Waals surface area contributed by atoms with Gasteiger partial charge in [0.1, 0.15) is 6.10 Å². The third-order valence-electron chi connectivity index (χ3n) is 3.40. The van der Waals surface area contributed by atoms with Crippen LogP contribution in [0.25, 0.3) is 0 Å². The number of rotatable bonds is 9. The molecule has 1 aromatic rings. The molecule has 0 amide bonds. The number of benzene rings is 1. The van der Waals surface area contributed by atoms with Crippen LogP contribution in [0.5, 0.6) is 0 Å². The van der Waals surface area contributed by atoms with Crippen LogP contribution in [0.2, 0.25) is 0 Å². The molecule has 0 N–H and O–H groups in total. The molecular formula is C17H26O. The maximum atomic E-state index is 6.01. The number of unbranched alkanes of at least 4 members (excludes halogenated alkanes) is 1. The summed E-state index contributed by atoms with van der Waals surface area (Å²) in [6.07, 6.45) is 6.94. The van der Waals surface area contributed by atoms with Gasteiger partial charge in [0.15, 0.2) is 0 Å². The fraction of sp³-hybridized carbons (Fsp3) is 0.529. The third kappa shape index (κ3) is 5.05. The van der Waals surface area contributed by atoms with E-state index in [2.05, 4.69) is 32.6 Å². The predicted octanol–water partition coefficient (Wildman–Crippen LogP) is 5.15. The fourth-order valence-electron chi connectivity index (χ4n) is 2.08. The smallest absolute Gasteiger partial charge is 0.100 e. The zero-order valence-corrected chi connectivity index (χ0v) is 11.8. The highest BCUT2D eigenvalue weighted by Crippen LogP contribution is 2.21. The molecule has 0 heterocycles. The minimum atomic E-state index is 0.0295. The van der Waals surface area contributed by atoms with Gasteiger partial charge in [-0.1, -0.05) is 69.5 Å². The molecule has 0 fully saturated rings. The zero-order chi connectivity index (χ0) is 13.2. The van der Waals surface area contributed by atoms with E-state index in [1.807, 2.05) is 24.3 Å². The first kappa shape index (κ1) is 15.0. The third-order valence-corrected chi connectivity index (χ3v) is 3.40. The van der Waals surface area contributed by atoms with Gasteiger partial charge in [-0.2, -0.15) is 0 Å². The van der Waals surface area contributed by atoms with Gasteiger partial charge in [-0.3, -0.25) is 0 Å². The Hall–Kier alpha value is -1.08. The monoisotopic (exact) mass is 246 g/mol. The first-order chi connectivity index (χ1) is 8.81. The molecule has 0 spiro atoms. The highest BCUT2D eigenvalue weighted by Gasteiger charge is 2.11. The average Bonchev–Trinajstić information content (AvgIpc) is 2.44. The fourth-order valence-corrected chi connectivity index (χ4v) is 2.08. The Morgan fingerprint density at radius 2 is 1.94 bits per heavy atom. The van der Waals surface area contributed by atoms with E-state index in [9.17, 15) is 0 Å². The molecule has 0 bridgehead atoms. The first-order valence-corrected chi connectivity index (χ1v) is 7.10. The van der Waals surface area contributed by atoms with Crippen LogP contribution in [-0.4, -0.2) is 6.61 Å². The van der Waals surface area contributed by atoms with Crippen LogP contribution >= 0.6 is 0 Å². The van der Waals surface area contributed by atoms with E-state index in [1.54, 1.807) is 0 Å². The molecule has 0 radical (unpaired) electrons. The van der Waals surface area contributed by atoms with Crippen molar-refractivity contribution in [2.45, 2.75) is 45.6 Å². The quantitative estimate of drug-likeness (QED) is 0.548. The molecule has 1 nitrogen and oxygen atoms in total. The Balaban J connectivity index is 2.46. The van der Waals surface area contributed by atoms with Crippen molar-refractivity contribution < 1.29 is 4.74 Å². The molecule has 1 rings (SSSR count). The van der Waals surface area contributed by atoms with Crippen LogP contribution in [-0.2, 0) is 4.74 Å². The van der Waals surface area contributed by atoms with Crippen molar-refractivity contribution in [1.82, 2.24) is 0 Å². The molecule has 100 valence electrons. The molecular weight excluding hydrogens is 220 g/mol. The van der Waals surface area contributed by atoms with Crippen LogP contribution < -0.4 is 0 Å². The average molecular weight is 246 g/mol. The van der Waals surface area contributed by atoms with Crippen LogP contribution in [0, 0.1) is 5.92 Å². The molecule has 0 aliphatic rings. The number of ether oxygens (including phenoxy) is 1. The van der Waals surface area contributed by atoms with Gasteiger partial charge in [0.25, 0.3) is 0 Å². The lowest BCUT2D eigenvalue weighted by atomic mass is 10.0. The summed E-state index contributed by atoms with van der Waals surface area (Å²) in [5.74, 6) is 0.677. The number of hydrogen-bond donors (Lipinski definition) is 0. The van der Waals surface area contributed by atoms with Crippen molar-refractivity contribution in [1.29, 1.82) is 0 Å². The van der Waals surface area contributed by atoms with Crippen LogP contribution in [0.1, 0.15) is 51.2 Å². The van der Waals surface area contributed by atoms with Gasteiger partial charge in [0, 0.05) is 0 Å². The summed E-state index contributed by atoms with van der Waals surface area (Å²) in [5, 5.41) is 0. The van der Waals surface area contributed by atoms with Crippen LogP contribution in [0.4, 0.5) is 0 Å². The van der Waals surface area contributed by atoms with Crippen molar-refractivity contribution in [3.8, 4) is 0 Å². The summed E-state index contributed by atoms with van der Waals surface area (Å²) in [7, 11) is 0. The Bertz CT molecular complexity index is 318. The summed E-state index contributed by atoms with van der Waals surface area (Å²) < 4.78 is 6.01. The second-order valence-corrected chi connectivity index (χ2v) is 4.82. The van der Waals surface area contributed by atoms with Crippen molar-refractivity contribution in [2.75, 3.05) is 6.61 Å². The topological polar surface area (TPSA) is 9.23 Å². The number of hydrogen-bond acceptors (Lipinski definition) is 1. The molecule has 0 saturated heterocycles. The zero-order valence-electron chi connectivity index (χ0n) is 11.8. The van der Waals surface area contributed by atoms with Gasteiger partial charge < -0.3 is 4.74 Å². The lowest BCUT2D eigenvalue weighted by Crippen LogP contribution is -2.11. The minimum Gasteiger partial charge on any atom is -0.369 e. The predicted molar refractivity (Wildman–Crippen MR) is 78.6 cm³/mol. The second-order valence-electron chi connectivity index (χ2n) is 4.82.